The molecule has 0 saturated carbocycles. The molecule has 2 rings (SSSR count). The number of hydrogen-bond donors (Lipinski definition) is 1. The highest BCUT2D eigenvalue weighted by atomic mass is 35.5. The standard InChI is InChI=1S/C19H29ClN4O2/c1-23(2)18(25)13-22-19(21-12-16-9-6-7-11-26-16)24(3)14-15-8-4-5-10-17(15)20/h4-5,8,10,16H,6-7,9,11-14H2,1-3H3,(H,21,22). The number of likely N-dealkylation sites (N-methyl/N-ethyl adjacent to an activating group) is 1. The summed E-state index contributed by atoms with van der Waals surface area (Å²) in [5, 5.41) is 4.08. The van der Waals surface area contributed by atoms with Crippen molar-refractivity contribution < 1.29 is 9.53 Å². The molecule has 1 saturated heterocycles. The van der Waals surface area contributed by atoms with Crippen LogP contribution in [0.2, 0.25) is 5.02 Å². The van der Waals surface area contributed by atoms with Crippen molar-refractivity contribution in [2.45, 2.75) is 31.9 Å². The molecule has 1 fully saturated rings. The van der Waals surface area contributed by atoms with Crippen molar-refractivity contribution in [2.75, 3.05) is 40.8 Å². The Hall–Kier alpha value is -1.79. The van der Waals surface area contributed by atoms with Crippen molar-refractivity contribution in [3.8, 4) is 0 Å². The number of nitrogens with zero attached hydrogens (tertiary/aromatic N) is 3. The minimum atomic E-state index is -0.0376. The topological polar surface area (TPSA) is 57.2 Å². The number of aliphatic imine (C=N–C) groups is 1. The van der Waals surface area contributed by atoms with Gasteiger partial charge in [-0.05, 0) is 30.9 Å². The van der Waals surface area contributed by atoms with E-state index in [0.717, 1.165) is 30.0 Å². The Morgan fingerprint density at radius 1 is 1.31 bits per heavy atom. The van der Waals surface area contributed by atoms with Crippen LogP contribution in [-0.4, -0.2) is 68.6 Å². The number of amides is 1. The summed E-state index contributed by atoms with van der Waals surface area (Å²) in [5.41, 5.74) is 1.01. The summed E-state index contributed by atoms with van der Waals surface area (Å²) in [6, 6.07) is 7.74. The van der Waals surface area contributed by atoms with Crippen LogP contribution in [0.15, 0.2) is 29.3 Å². The van der Waals surface area contributed by atoms with E-state index in [1.165, 1.54) is 6.42 Å². The van der Waals surface area contributed by atoms with Gasteiger partial charge in [0.25, 0.3) is 0 Å². The lowest BCUT2D eigenvalue weighted by Gasteiger charge is -2.27. The fraction of sp³-hybridized carbons (Fsp3) is 0.579. The van der Waals surface area contributed by atoms with Crippen LogP contribution in [0.4, 0.5) is 0 Å². The van der Waals surface area contributed by atoms with Crippen molar-refractivity contribution in [1.82, 2.24) is 15.1 Å². The highest BCUT2D eigenvalue weighted by Crippen LogP contribution is 2.16. The third kappa shape index (κ3) is 6.50. The SMILES string of the molecule is CN(C)C(=O)CN=C(NCC1CCCCO1)N(C)Cc1ccccc1Cl. The van der Waals surface area contributed by atoms with Gasteiger partial charge in [0.05, 0.1) is 6.10 Å². The molecule has 0 spiro atoms. The van der Waals surface area contributed by atoms with Gasteiger partial charge < -0.3 is 19.9 Å². The number of nitrogens with one attached hydrogen (secondary N) is 1. The number of rotatable bonds is 6. The zero-order valence-corrected chi connectivity index (χ0v) is 16.6. The van der Waals surface area contributed by atoms with Crippen molar-refractivity contribution in [1.29, 1.82) is 0 Å². The fourth-order valence-electron chi connectivity index (χ4n) is 2.73. The first-order chi connectivity index (χ1) is 12.5. The maximum atomic E-state index is 11.9. The molecule has 0 bridgehead atoms. The summed E-state index contributed by atoms with van der Waals surface area (Å²) in [6.45, 7) is 2.20. The minimum absolute atomic E-state index is 0.0376. The molecule has 1 N–H and O–H groups in total. The van der Waals surface area contributed by atoms with Gasteiger partial charge in [-0.3, -0.25) is 4.79 Å². The molecule has 0 aromatic heterocycles. The Morgan fingerprint density at radius 3 is 2.73 bits per heavy atom. The summed E-state index contributed by atoms with van der Waals surface area (Å²) in [5.74, 6) is 0.638. The van der Waals surface area contributed by atoms with Gasteiger partial charge in [0.15, 0.2) is 5.96 Å². The summed E-state index contributed by atoms with van der Waals surface area (Å²) >= 11 is 6.27. The summed E-state index contributed by atoms with van der Waals surface area (Å²) in [6.07, 6.45) is 3.55. The molecule has 1 aromatic rings. The van der Waals surface area contributed by atoms with Crippen LogP contribution in [0.1, 0.15) is 24.8 Å². The molecule has 1 unspecified atom stereocenters. The van der Waals surface area contributed by atoms with Gasteiger partial charge in [0.2, 0.25) is 5.91 Å². The van der Waals surface area contributed by atoms with Crippen LogP contribution in [0, 0.1) is 0 Å². The van der Waals surface area contributed by atoms with E-state index in [2.05, 4.69) is 10.3 Å². The third-order valence-corrected chi connectivity index (χ3v) is 4.72. The number of ether oxygens (including phenoxy) is 1. The second-order valence-electron chi connectivity index (χ2n) is 6.74. The number of halogens is 1. The van der Waals surface area contributed by atoms with Gasteiger partial charge in [0.1, 0.15) is 6.54 Å². The molecule has 1 aliphatic rings. The largest absolute Gasteiger partial charge is 0.376 e. The molecular weight excluding hydrogens is 352 g/mol. The molecule has 144 valence electrons. The summed E-state index contributed by atoms with van der Waals surface area (Å²) in [7, 11) is 5.40. The Balaban J connectivity index is 2.03. The van der Waals surface area contributed by atoms with E-state index in [1.807, 2.05) is 36.2 Å². The smallest absolute Gasteiger partial charge is 0.243 e. The van der Waals surface area contributed by atoms with E-state index in [-0.39, 0.29) is 18.6 Å². The Labute approximate surface area is 161 Å². The first-order valence-electron chi connectivity index (χ1n) is 9.02. The van der Waals surface area contributed by atoms with Gasteiger partial charge >= 0.3 is 0 Å². The molecule has 1 aliphatic heterocycles. The van der Waals surface area contributed by atoms with E-state index >= 15 is 0 Å². The summed E-state index contributed by atoms with van der Waals surface area (Å²) < 4.78 is 5.78. The number of carbonyl (C=O) groups excluding carboxylic acids is 1. The quantitative estimate of drug-likeness (QED) is 0.608. The highest BCUT2D eigenvalue weighted by Gasteiger charge is 2.16. The molecule has 1 amide bonds. The van der Waals surface area contributed by atoms with E-state index in [0.29, 0.717) is 19.0 Å². The number of guanidine groups is 1. The van der Waals surface area contributed by atoms with Crippen LogP contribution in [-0.2, 0) is 16.1 Å². The lowest BCUT2D eigenvalue weighted by Crippen LogP contribution is -2.43. The van der Waals surface area contributed by atoms with Crippen LogP contribution < -0.4 is 5.32 Å². The van der Waals surface area contributed by atoms with Crippen LogP contribution in [0.5, 0.6) is 0 Å². The molecular formula is C19H29ClN4O2. The number of carbonyl (C=O) groups is 1. The first kappa shape index (κ1) is 20.5. The van der Waals surface area contributed by atoms with Crippen molar-refractivity contribution >= 4 is 23.5 Å². The molecule has 1 atom stereocenters. The molecule has 7 heteroatoms. The predicted molar refractivity (Wildman–Crippen MR) is 106 cm³/mol. The molecule has 26 heavy (non-hydrogen) atoms. The van der Waals surface area contributed by atoms with E-state index in [1.54, 1.807) is 19.0 Å². The Kier molecular flexibility index (Phi) is 8.19. The fourth-order valence-corrected chi connectivity index (χ4v) is 2.92. The molecule has 1 heterocycles. The van der Waals surface area contributed by atoms with Crippen LogP contribution in [0.3, 0.4) is 0 Å². The second-order valence-corrected chi connectivity index (χ2v) is 7.15. The molecule has 0 radical (unpaired) electrons. The zero-order chi connectivity index (χ0) is 18.9. The molecule has 6 nitrogen and oxygen atoms in total. The van der Waals surface area contributed by atoms with Crippen molar-refractivity contribution in [3.63, 3.8) is 0 Å². The monoisotopic (exact) mass is 380 g/mol. The van der Waals surface area contributed by atoms with Gasteiger partial charge in [-0.1, -0.05) is 29.8 Å². The molecule has 0 aliphatic carbocycles. The maximum absolute atomic E-state index is 11.9. The third-order valence-electron chi connectivity index (χ3n) is 4.35. The van der Waals surface area contributed by atoms with E-state index in [4.69, 9.17) is 16.3 Å². The normalized spacial score (nSPS) is 17.7. The van der Waals surface area contributed by atoms with Gasteiger partial charge in [-0.25, -0.2) is 4.99 Å². The number of hydrogen-bond acceptors (Lipinski definition) is 3. The number of benzene rings is 1. The minimum Gasteiger partial charge on any atom is -0.376 e. The van der Waals surface area contributed by atoms with Crippen LogP contribution >= 0.6 is 11.6 Å². The molecule has 1 aromatic carbocycles. The Morgan fingerprint density at radius 2 is 2.08 bits per heavy atom. The van der Waals surface area contributed by atoms with Crippen LogP contribution in [0.25, 0.3) is 0 Å². The first-order valence-corrected chi connectivity index (χ1v) is 9.39. The highest BCUT2D eigenvalue weighted by molar-refractivity contribution is 6.31. The Bertz CT molecular complexity index is 615. The average Bonchev–Trinajstić information content (AvgIpc) is 2.64. The summed E-state index contributed by atoms with van der Waals surface area (Å²) in [4.78, 5) is 19.9. The van der Waals surface area contributed by atoms with Gasteiger partial charge in [-0.15, -0.1) is 0 Å². The lowest BCUT2D eigenvalue weighted by atomic mass is 10.1. The lowest BCUT2D eigenvalue weighted by molar-refractivity contribution is -0.127. The maximum Gasteiger partial charge on any atom is 0.243 e. The van der Waals surface area contributed by atoms with E-state index in [9.17, 15) is 4.79 Å². The zero-order valence-electron chi connectivity index (χ0n) is 15.9. The van der Waals surface area contributed by atoms with E-state index < -0.39 is 0 Å². The predicted octanol–water partition coefficient (Wildman–Crippen LogP) is 2.37. The van der Waals surface area contributed by atoms with Gasteiger partial charge in [-0.2, -0.15) is 0 Å². The second kappa shape index (κ2) is 10.4. The average molecular weight is 381 g/mol. The van der Waals surface area contributed by atoms with Gasteiger partial charge in [0, 0.05) is 45.9 Å². The van der Waals surface area contributed by atoms with Crippen molar-refractivity contribution in [3.05, 3.63) is 34.9 Å². The van der Waals surface area contributed by atoms with Crippen molar-refractivity contribution in [2.24, 2.45) is 4.99 Å².